The molecule has 4 rings (SSSR count). The molecule has 28 heavy (non-hydrogen) atoms. The molecule has 2 atom stereocenters. The second-order valence-corrected chi connectivity index (χ2v) is 8.11. The lowest BCUT2D eigenvalue weighted by atomic mass is 10.2. The van der Waals surface area contributed by atoms with Crippen molar-refractivity contribution in [2.75, 3.05) is 13.1 Å². The number of aromatic nitrogens is 1. The molecule has 1 unspecified atom stereocenters. The maximum atomic E-state index is 13.1. The molecule has 0 radical (unpaired) electrons. The Balaban J connectivity index is 1.27. The molecule has 2 aromatic carbocycles. The van der Waals surface area contributed by atoms with Crippen LogP contribution in [0, 0.1) is 5.82 Å². The van der Waals surface area contributed by atoms with Gasteiger partial charge in [-0.3, -0.25) is 4.79 Å². The molecule has 0 aliphatic carbocycles. The predicted molar refractivity (Wildman–Crippen MR) is 109 cm³/mol. The van der Waals surface area contributed by atoms with Crippen LogP contribution in [0.1, 0.15) is 17.7 Å². The Hall–Kier alpha value is -2.57. The molecule has 144 valence electrons. The van der Waals surface area contributed by atoms with Gasteiger partial charge in [0.25, 0.3) is 0 Å². The number of nitrogens with zero attached hydrogens (tertiary/aromatic N) is 1. The van der Waals surface area contributed by atoms with Crippen LogP contribution in [0.5, 0.6) is 0 Å². The zero-order chi connectivity index (χ0) is 19.3. The number of rotatable bonds is 6. The minimum atomic E-state index is -0.264. The van der Waals surface area contributed by atoms with Crippen LogP contribution in [-0.4, -0.2) is 30.0 Å². The van der Waals surface area contributed by atoms with Crippen molar-refractivity contribution < 1.29 is 14.1 Å². The van der Waals surface area contributed by atoms with E-state index < -0.39 is 0 Å². The average molecular weight is 397 g/mol. The van der Waals surface area contributed by atoms with E-state index in [4.69, 9.17) is 0 Å². The van der Waals surface area contributed by atoms with Gasteiger partial charge in [-0.1, -0.05) is 30.3 Å². The zero-order valence-electron chi connectivity index (χ0n) is 15.5. The van der Waals surface area contributed by atoms with Gasteiger partial charge in [0.1, 0.15) is 17.4 Å². The molecular formula is C22H23FN3OS+. The maximum absolute atomic E-state index is 13.1. The van der Waals surface area contributed by atoms with Gasteiger partial charge in [0.05, 0.1) is 31.2 Å². The summed E-state index contributed by atoms with van der Waals surface area (Å²) in [5, 5.41) is 5.87. The summed E-state index contributed by atoms with van der Waals surface area (Å²) in [7, 11) is 0. The van der Waals surface area contributed by atoms with Crippen LogP contribution in [0.25, 0.3) is 10.6 Å². The van der Waals surface area contributed by atoms with Crippen LogP contribution in [0.2, 0.25) is 0 Å². The Bertz CT molecular complexity index is 926. The average Bonchev–Trinajstić information content (AvgIpc) is 3.33. The normalized spacial score (nSPS) is 18.9. The molecule has 1 aliphatic heterocycles. The van der Waals surface area contributed by atoms with Gasteiger partial charge in [0, 0.05) is 22.9 Å². The summed E-state index contributed by atoms with van der Waals surface area (Å²) >= 11 is 1.48. The summed E-state index contributed by atoms with van der Waals surface area (Å²) in [6.07, 6.45) is 1.29. The van der Waals surface area contributed by atoms with Crippen LogP contribution in [0.3, 0.4) is 0 Å². The molecule has 1 fully saturated rings. The molecule has 1 saturated heterocycles. The van der Waals surface area contributed by atoms with E-state index >= 15 is 0 Å². The summed E-state index contributed by atoms with van der Waals surface area (Å²) < 4.78 is 13.1. The number of thiazole rings is 1. The summed E-state index contributed by atoms with van der Waals surface area (Å²) in [6, 6.07) is 17.0. The molecule has 0 bridgehead atoms. The molecule has 2 heterocycles. The van der Waals surface area contributed by atoms with E-state index in [-0.39, 0.29) is 24.2 Å². The van der Waals surface area contributed by atoms with Crippen molar-refractivity contribution in [3.05, 3.63) is 77.1 Å². The fourth-order valence-corrected chi connectivity index (χ4v) is 4.48. The van der Waals surface area contributed by atoms with Gasteiger partial charge in [-0.15, -0.1) is 11.3 Å². The number of halogens is 1. The van der Waals surface area contributed by atoms with Gasteiger partial charge in [0.2, 0.25) is 5.91 Å². The first-order chi connectivity index (χ1) is 13.7. The van der Waals surface area contributed by atoms with Crippen LogP contribution in [0.4, 0.5) is 4.39 Å². The Morgan fingerprint density at radius 1 is 1.18 bits per heavy atom. The summed E-state index contributed by atoms with van der Waals surface area (Å²) in [5.74, 6) is -0.248. The Labute approximate surface area is 168 Å². The standard InChI is InChI=1S/C22H22FN3OS/c23-18-8-6-17(7-9-18)22-25-20(15-28-22)12-21(27)24-19-10-11-26(14-19)13-16-4-2-1-3-5-16/h1-9,15,19H,10-14H2,(H,24,27)/p+1/t19-/m1/s1. The lowest BCUT2D eigenvalue weighted by Gasteiger charge is -2.14. The van der Waals surface area contributed by atoms with Gasteiger partial charge in [-0.2, -0.15) is 0 Å². The first-order valence-electron chi connectivity index (χ1n) is 9.53. The van der Waals surface area contributed by atoms with Gasteiger partial charge < -0.3 is 10.2 Å². The van der Waals surface area contributed by atoms with Crippen LogP contribution in [0.15, 0.2) is 60.0 Å². The number of carbonyl (C=O) groups is 1. The van der Waals surface area contributed by atoms with E-state index in [1.54, 1.807) is 12.1 Å². The first-order valence-corrected chi connectivity index (χ1v) is 10.4. The van der Waals surface area contributed by atoms with E-state index in [1.165, 1.54) is 33.9 Å². The van der Waals surface area contributed by atoms with Crippen molar-refractivity contribution in [3.63, 3.8) is 0 Å². The predicted octanol–water partition coefficient (Wildman–Crippen LogP) is 2.47. The monoisotopic (exact) mass is 396 g/mol. The van der Waals surface area contributed by atoms with Crippen molar-refractivity contribution in [1.82, 2.24) is 10.3 Å². The van der Waals surface area contributed by atoms with Gasteiger partial charge >= 0.3 is 0 Å². The Morgan fingerprint density at radius 2 is 1.96 bits per heavy atom. The third kappa shape index (κ3) is 4.82. The van der Waals surface area contributed by atoms with E-state index in [0.717, 1.165) is 42.3 Å². The smallest absolute Gasteiger partial charge is 0.226 e. The SMILES string of the molecule is O=C(Cc1csc(-c2ccc(F)cc2)n1)N[C@@H]1CC[NH+](Cc2ccccc2)C1. The third-order valence-corrected chi connectivity index (χ3v) is 5.97. The first kappa shape index (κ1) is 18.8. The molecule has 2 N–H and O–H groups in total. The zero-order valence-corrected chi connectivity index (χ0v) is 16.3. The number of quaternary nitrogens is 1. The van der Waals surface area contributed by atoms with Crippen molar-refractivity contribution in [2.24, 2.45) is 0 Å². The highest BCUT2D eigenvalue weighted by Gasteiger charge is 2.27. The van der Waals surface area contributed by atoms with E-state index in [9.17, 15) is 9.18 Å². The second-order valence-electron chi connectivity index (χ2n) is 7.25. The molecule has 1 amide bonds. The Kier molecular flexibility index (Phi) is 5.78. The fourth-order valence-electron chi connectivity index (χ4n) is 3.66. The van der Waals surface area contributed by atoms with Crippen LogP contribution < -0.4 is 10.2 Å². The summed E-state index contributed by atoms with van der Waals surface area (Å²) in [4.78, 5) is 18.4. The number of nitrogens with one attached hydrogen (secondary N) is 2. The van der Waals surface area contributed by atoms with Crippen molar-refractivity contribution in [3.8, 4) is 10.6 Å². The van der Waals surface area contributed by atoms with Gasteiger partial charge in [-0.05, 0) is 24.3 Å². The molecule has 1 aromatic heterocycles. The quantitative estimate of drug-likeness (QED) is 0.672. The molecule has 0 spiro atoms. The molecule has 1 aliphatic rings. The van der Waals surface area contributed by atoms with E-state index in [2.05, 4.69) is 34.6 Å². The summed E-state index contributed by atoms with van der Waals surface area (Å²) in [6.45, 7) is 3.03. The lowest BCUT2D eigenvalue weighted by Crippen LogP contribution is -3.09. The minimum absolute atomic E-state index is 0.0157. The Morgan fingerprint density at radius 3 is 2.75 bits per heavy atom. The number of amides is 1. The van der Waals surface area contributed by atoms with Crippen molar-refractivity contribution in [1.29, 1.82) is 0 Å². The highest BCUT2D eigenvalue weighted by Crippen LogP contribution is 2.24. The molecular weight excluding hydrogens is 373 g/mol. The van der Waals surface area contributed by atoms with Gasteiger partial charge in [-0.25, -0.2) is 9.37 Å². The van der Waals surface area contributed by atoms with Crippen molar-refractivity contribution in [2.45, 2.75) is 25.4 Å². The molecule has 6 heteroatoms. The third-order valence-electron chi connectivity index (χ3n) is 5.03. The number of carbonyl (C=O) groups excluding carboxylic acids is 1. The number of hydrogen-bond acceptors (Lipinski definition) is 3. The topological polar surface area (TPSA) is 46.4 Å². The fraction of sp³-hybridized carbons (Fsp3) is 0.273. The molecule has 4 nitrogen and oxygen atoms in total. The largest absolute Gasteiger partial charge is 0.347 e. The van der Waals surface area contributed by atoms with E-state index in [1.807, 2.05) is 11.4 Å². The van der Waals surface area contributed by atoms with Crippen LogP contribution >= 0.6 is 11.3 Å². The highest BCUT2D eigenvalue weighted by atomic mass is 32.1. The molecule has 3 aromatic rings. The van der Waals surface area contributed by atoms with Crippen molar-refractivity contribution >= 4 is 17.2 Å². The summed E-state index contributed by atoms with van der Waals surface area (Å²) in [5.41, 5.74) is 2.96. The highest BCUT2D eigenvalue weighted by molar-refractivity contribution is 7.13. The minimum Gasteiger partial charge on any atom is -0.347 e. The lowest BCUT2D eigenvalue weighted by molar-refractivity contribution is -0.901. The van der Waals surface area contributed by atoms with Gasteiger partial charge in [0.15, 0.2) is 0 Å². The second kappa shape index (κ2) is 8.63. The number of benzene rings is 2. The van der Waals surface area contributed by atoms with Crippen LogP contribution in [-0.2, 0) is 17.8 Å². The molecule has 0 saturated carbocycles. The maximum Gasteiger partial charge on any atom is 0.226 e. The van der Waals surface area contributed by atoms with E-state index in [0.29, 0.717) is 0 Å². The number of likely N-dealkylation sites (tertiary alicyclic amines) is 1. The number of hydrogen-bond donors (Lipinski definition) is 2.